The summed E-state index contributed by atoms with van der Waals surface area (Å²) in [5.41, 5.74) is 0.590. The summed E-state index contributed by atoms with van der Waals surface area (Å²) in [4.78, 5) is 12.1. The molecule has 0 bridgehead atoms. The SMILES string of the molecule is CCOc1ccccc1C(=O)COCC1CCOC1. The van der Waals surface area contributed by atoms with Crippen molar-refractivity contribution in [2.45, 2.75) is 13.3 Å². The van der Waals surface area contributed by atoms with Crippen LogP contribution < -0.4 is 4.74 Å². The van der Waals surface area contributed by atoms with Crippen LogP contribution in [0.5, 0.6) is 5.75 Å². The molecule has 1 fully saturated rings. The Labute approximate surface area is 113 Å². The molecule has 1 aliphatic heterocycles. The second kappa shape index (κ2) is 7.26. The van der Waals surface area contributed by atoms with Gasteiger partial charge in [-0.25, -0.2) is 0 Å². The number of ketones is 1. The van der Waals surface area contributed by atoms with E-state index in [1.165, 1.54) is 0 Å². The maximum Gasteiger partial charge on any atom is 0.192 e. The monoisotopic (exact) mass is 264 g/mol. The molecule has 2 rings (SSSR count). The highest BCUT2D eigenvalue weighted by atomic mass is 16.5. The molecule has 19 heavy (non-hydrogen) atoms. The van der Waals surface area contributed by atoms with E-state index in [1.54, 1.807) is 6.07 Å². The molecule has 4 nitrogen and oxygen atoms in total. The summed E-state index contributed by atoms with van der Waals surface area (Å²) in [6.45, 7) is 4.67. The summed E-state index contributed by atoms with van der Waals surface area (Å²) in [6.07, 6.45) is 1.02. The number of ether oxygens (including phenoxy) is 3. The van der Waals surface area contributed by atoms with Gasteiger partial charge in [0.2, 0.25) is 0 Å². The first kappa shape index (κ1) is 14.0. The van der Waals surface area contributed by atoms with Crippen molar-refractivity contribution in [1.29, 1.82) is 0 Å². The van der Waals surface area contributed by atoms with Crippen molar-refractivity contribution in [3.63, 3.8) is 0 Å². The van der Waals surface area contributed by atoms with E-state index in [1.807, 2.05) is 25.1 Å². The topological polar surface area (TPSA) is 44.8 Å². The maximum atomic E-state index is 12.1. The molecule has 0 aromatic heterocycles. The fraction of sp³-hybridized carbons (Fsp3) is 0.533. The third kappa shape index (κ3) is 4.04. The van der Waals surface area contributed by atoms with Crippen LogP contribution in [0.3, 0.4) is 0 Å². The zero-order valence-electron chi connectivity index (χ0n) is 11.3. The third-order valence-electron chi connectivity index (χ3n) is 3.10. The standard InChI is InChI=1S/C15H20O4/c1-2-19-15-6-4-3-5-13(15)14(16)11-18-10-12-7-8-17-9-12/h3-6,12H,2,7-11H2,1H3. The van der Waals surface area contributed by atoms with Gasteiger partial charge in [-0.3, -0.25) is 4.79 Å². The van der Waals surface area contributed by atoms with Gasteiger partial charge in [-0.05, 0) is 25.5 Å². The van der Waals surface area contributed by atoms with Crippen molar-refractivity contribution >= 4 is 5.78 Å². The van der Waals surface area contributed by atoms with Crippen molar-refractivity contribution in [2.75, 3.05) is 33.0 Å². The number of Topliss-reactive ketones (excluding diaryl/α,β-unsaturated/α-hetero) is 1. The second-order valence-corrected chi connectivity index (χ2v) is 4.60. The van der Waals surface area contributed by atoms with Gasteiger partial charge in [-0.2, -0.15) is 0 Å². The van der Waals surface area contributed by atoms with Crippen LogP contribution in [0, 0.1) is 5.92 Å². The Morgan fingerprint density at radius 1 is 1.42 bits per heavy atom. The van der Waals surface area contributed by atoms with E-state index in [0.717, 1.165) is 19.6 Å². The maximum absolute atomic E-state index is 12.1. The predicted molar refractivity (Wildman–Crippen MR) is 71.7 cm³/mol. The summed E-state index contributed by atoms with van der Waals surface area (Å²) in [5.74, 6) is 1.01. The molecule has 1 atom stereocenters. The van der Waals surface area contributed by atoms with Crippen LogP contribution in [0.25, 0.3) is 0 Å². The van der Waals surface area contributed by atoms with Crippen molar-refractivity contribution < 1.29 is 19.0 Å². The summed E-state index contributed by atoms with van der Waals surface area (Å²) < 4.78 is 16.2. The average molecular weight is 264 g/mol. The van der Waals surface area contributed by atoms with Crippen LogP contribution >= 0.6 is 0 Å². The largest absolute Gasteiger partial charge is 0.493 e. The molecule has 0 saturated carbocycles. The fourth-order valence-corrected chi connectivity index (χ4v) is 2.09. The number of para-hydroxylation sites is 1. The number of benzene rings is 1. The van der Waals surface area contributed by atoms with Crippen molar-refractivity contribution in [3.05, 3.63) is 29.8 Å². The van der Waals surface area contributed by atoms with Gasteiger partial charge in [0.05, 0.1) is 25.4 Å². The van der Waals surface area contributed by atoms with Crippen molar-refractivity contribution in [1.82, 2.24) is 0 Å². The number of carbonyl (C=O) groups is 1. The lowest BCUT2D eigenvalue weighted by Crippen LogP contribution is -2.16. The van der Waals surface area contributed by atoms with E-state index in [-0.39, 0.29) is 12.4 Å². The second-order valence-electron chi connectivity index (χ2n) is 4.60. The van der Waals surface area contributed by atoms with E-state index in [4.69, 9.17) is 14.2 Å². The zero-order valence-corrected chi connectivity index (χ0v) is 11.3. The van der Waals surface area contributed by atoms with Crippen LogP contribution in [0.1, 0.15) is 23.7 Å². The molecule has 0 amide bonds. The Morgan fingerprint density at radius 3 is 3.00 bits per heavy atom. The number of hydrogen-bond acceptors (Lipinski definition) is 4. The van der Waals surface area contributed by atoms with Crippen LogP contribution in [-0.4, -0.2) is 38.8 Å². The van der Waals surface area contributed by atoms with Crippen LogP contribution in [0.2, 0.25) is 0 Å². The van der Waals surface area contributed by atoms with E-state index >= 15 is 0 Å². The van der Waals surface area contributed by atoms with Crippen molar-refractivity contribution in [3.8, 4) is 5.75 Å². The Hall–Kier alpha value is -1.39. The van der Waals surface area contributed by atoms with E-state index in [9.17, 15) is 4.79 Å². The first-order valence-corrected chi connectivity index (χ1v) is 6.71. The lowest BCUT2D eigenvalue weighted by molar-refractivity contribution is 0.0649. The van der Waals surface area contributed by atoms with Gasteiger partial charge in [0.15, 0.2) is 5.78 Å². The predicted octanol–water partition coefficient (Wildman–Crippen LogP) is 2.32. The lowest BCUT2D eigenvalue weighted by atomic mass is 10.1. The third-order valence-corrected chi connectivity index (χ3v) is 3.10. The number of rotatable bonds is 7. The fourth-order valence-electron chi connectivity index (χ4n) is 2.09. The number of hydrogen-bond donors (Lipinski definition) is 0. The quantitative estimate of drug-likeness (QED) is 0.709. The molecule has 0 aliphatic carbocycles. The minimum absolute atomic E-state index is 0.0389. The summed E-state index contributed by atoms with van der Waals surface area (Å²) in [7, 11) is 0. The van der Waals surface area contributed by atoms with Gasteiger partial charge in [-0.1, -0.05) is 12.1 Å². The molecular formula is C15H20O4. The smallest absolute Gasteiger partial charge is 0.192 e. The molecule has 4 heteroatoms. The van der Waals surface area contributed by atoms with Gasteiger partial charge in [0.25, 0.3) is 0 Å². The molecule has 0 radical (unpaired) electrons. The molecule has 1 aliphatic rings. The highest BCUT2D eigenvalue weighted by molar-refractivity contribution is 5.99. The van der Waals surface area contributed by atoms with Gasteiger partial charge >= 0.3 is 0 Å². The average Bonchev–Trinajstić information content (AvgIpc) is 2.93. The Kier molecular flexibility index (Phi) is 5.36. The Bertz CT molecular complexity index is 410. The molecular weight excluding hydrogens is 244 g/mol. The highest BCUT2D eigenvalue weighted by Gasteiger charge is 2.17. The Morgan fingerprint density at radius 2 is 2.26 bits per heavy atom. The van der Waals surface area contributed by atoms with Crippen LogP contribution in [0.15, 0.2) is 24.3 Å². The van der Waals surface area contributed by atoms with Gasteiger partial charge in [-0.15, -0.1) is 0 Å². The lowest BCUT2D eigenvalue weighted by Gasteiger charge is -2.11. The van der Waals surface area contributed by atoms with E-state index < -0.39 is 0 Å². The molecule has 1 aromatic carbocycles. The number of carbonyl (C=O) groups excluding carboxylic acids is 1. The molecule has 1 heterocycles. The van der Waals surface area contributed by atoms with Gasteiger partial charge in [0, 0.05) is 12.5 Å². The first-order chi connectivity index (χ1) is 9.31. The minimum Gasteiger partial charge on any atom is -0.493 e. The minimum atomic E-state index is -0.0389. The molecule has 104 valence electrons. The molecule has 1 aromatic rings. The van der Waals surface area contributed by atoms with E-state index in [2.05, 4.69) is 0 Å². The summed E-state index contributed by atoms with van der Waals surface area (Å²) in [5, 5.41) is 0. The van der Waals surface area contributed by atoms with Crippen molar-refractivity contribution in [2.24, 2.45) is 5.92 Å². The Balaban J connectivity index is 1.84. The van der Waals surface area contributed by atoms with Gasteiger partial charge in [0.1, 0.15) is 12.4 Å². The molecule has 0 N–H and O–H groups in total. The van der Waals surface area contributed by atoms with Gasteiger partial charge < -0.3 is 14.2 Å². The highest BCUT2D eigenvalue weighted by Crippen LogP contribution is 2.19. The summed E-state index contributed by atoms with van der Waals surface area (Å²) in [6, 6.07) is 7.27. The zero-order chi connectivity index (χ0) is 13.5. The first-order valence-electron chi connectivity index (χ1n) is 6.71. The molecule has 0 spiro atoms. The normalized spacial score (nSPS) is 18.5. The van der Waals surface area contributed by atoms with Crippen LogP contribution in [-0.2, 0) is 9.47 Å². The van der Waals surface area contributed by atoms with Crippen LogP contribution in [0.4, 0.5) is 0 Å². The molecule has 1 saturated heterocycles. The summed E-state index contributed by atoms with van der Waals surface area (Å²) >= 11 is 0. The molecule has 1 unspecified atom stereocenters. The van der Waals surface area contributed by atoms with E-state index in [0.29, 0.717) is 30.4 Å².